The van der Waals surface area contributed by atoms with Gasteiger partial charge in [-0.05, 0) is 31.0 Å². The minimum absolute atomic E-state index is 0.0306. The molecule has 3 aromatic heterocycles. The summed E-state index contributed by atoms with van der Waals surface area (Å²) in [7, 11) is 0. The molecule has 1 unspecified atom stereocenters. The second kappa shape index (κ2) is 7.38. The first-order valence-electron chi connectivity index (χ1n) is 8.77. The largest absolute Gasteiger partial charge is 0.361 e. The maximum Gasteiger partial charge on any atom is 0.239 e. The van der Waals surface area contributed by atoms with Crippen LogP contribution in [0, 0.1) is 0 Å². The first-order chi connectivity index (χ1) is 12.8. The van der Waals surface area contributed by atoms with E-state index in [1.165, 1.54) is 0 Å². The van der Waals surface area contributed by atoms with Crippen LogP contribution < -0.4 is 15.5 Å². The maximum atomic E-state index is 12.2. The average molecular weight is 351 g/mol. The van der Waals surface area contributed by atoms with E-state index in [9.17, 15) is 4.79 Å². The lowest BCUT2D eigenvalue weighted by molar-refractivity contribution is -0.120. The number of anilines is 2. The van der Waals surface area contributed by atoms with Gasteiger partial charge in [0.05, 0.1) is 11.9 Å². The molecule has 134 valence electrons. The van der Waals surface area contributed by atoms with E-state index in [2.05, 4.69) is 35.5 Å². The number of hydrogen-bond acceptors (Lipinski definition) is 6. The fourth-order valence-electron chi connectivity index (χ4n) is 3.31. The molecule has 1 atom stereocenters. The van der Waals surface area contributed by atoms with Crippen molar-refractivity contribution in [2.45, 2.75) is 18.9 Å². The molecule has 8 nitrogen and oxygen atoms in total. The Hall–Kier alpha value is -3.16. The summed E-state index contributed by atoms with van der Waals surface area (Å²) in [4.78, 5) is 30.4. The van der Waals surface area contributed by atoms with Crippen LogP contribution >= 0.6 is 0 Å². The van der Waals surface area contributed by atoms with Crippen molar-refractivity contribution >= 4 is 28.6 Å². The number of fused-ring (bicyclic) bond motifs is 1. The molecule has 26 heavy (non-hydrogen) atoms. The van der Waals surface area contributed by atoms with Crippen LogP contribution in [0.15, 0.2) is 43.0 Å². The van der Waals surface area contributed by atoms with E-state index in [-0.39, 0.29) is 18.5 Å². The van der Waals surface area contributed by atoms with Gasteiger partial charge in [0, 0.05) is 31.5 Å². The Labute approximate surface area is 151 Å². The number of aromatic amines is 1. The summed E-state index contributed by atoms with van der Waals surface area (Å²) >= 11 is 0. The summed E-state index contributed by atoms with van der Waals surface area (Å²) in [6, 6.07) is 7.66. The van der Waals surface area contributed by atoms with E-state index in [1.807, 2.05) is 30.5 Å². The molecule has 0 aliphatic carbocycles. The van der Waals surface area contributed by atoms with Crippen LogP contribution in [-0.4, -0.2) is 51.5 Å². The maximum absolute atomic E-state index is 12.2. The molecule has 3 N–H and O–H groups in total. The highest BCUT2D eigenvalue weighted by molar-refractivity contribution is 5.87. The summed E-state index contributed by atoms with van der Waals surface area (Å²) in [6.45, 7) is 1.88. The third-order valence-electron chi connectivity index (χ3n) is 4.51. The van der Waals surface area contributed by atoms with Gasteiger partial charge in [0.25, 0.3) is 0 Å². The number of carbonyl (C=O) groups excluding carboxylic acids is 1. The Balaban J connectivity index is 1.36. The van der Waals surface area contributed by atoms with Crippen molar-refractivity contribution in [2.75, 3.05) is 29.9 Å². The lowest BCUT2D eigenvalue weighted by atomic mass is 10.1. The van der Waals surface area contributed by atoms with Gasteiger partial charge in [-0.25, -0.2) is 15.0 Å². The molecule has 4 rings (SSSR count). The van der Waals surface area contributed by atoms with Crippen LogP contribution in [0.3, 0.4) is 0 Å². The van der Waals surface area contributed by atoms with Gasteiger partial charge in [0.15, 0.2) is 0 Å². The topological polar surface area (TPSA) is 98.8 Å². The van der Waals surface area contributed by atoms with Gasteiger partial charge < -0.3 is 20.5 Å². The molecule has 0 saturated carbocycles. The molecular formula is C18H21N7O. The first kappa shape index (κ1) is 16.3. The molecule has 3 aromatic rings. The molecule has 0 aromatic carbocycles. The predicted octanol–water partition coefficient (Wildman–Crippen LogP) is 1.55. The van der Waals surface area contributed by atoms with E-state index in [1.54, 1.807) is 12.5 Å². The normalized spacial score (nSPS) is 17.2. The van der Waals surface area contributed by atoms with Gasteiger partial charge >= 0.3 is 0 Å². The average Bonchev–Trinajstić information content (AvgIpc) is 3.16. The molecule has 1 saturated heterocycles. The van der Waals surface area contributed by atoms with Crippen LogP contribution in [0.1, 0.15) is 12.8 Å². The lowest BCUT2D eigenvalue weighted by Gasteiger charge is -2.34. The van der Waals surface area contributed by atoms with Crippen molar-refractivity contribution in [2.24, 2.45) is 0 Å². The molecule has 8 heteroatoms. The standard InChI is InChI=1S/C18H21N7O/c26-16(10-21-15-5-1-2-7-19-15)24-13-4-3-9-25(11-13)18-14-6-8-20-17(14)22-12-23-18/h1-2,5-8,12-13H,3-4,9-11H2,(H,19,21)(H,24,26)(H,20,22,23). The van der Waals surface area contributed by atoms with Crippen LogP contribution in [0.25, 0.3) is 11.0 Å². The van der Waals surface area contributed by atoms with E-state index >= 15 is 0 Å². The summed E-state index contributed by atoms with van der Waals surface area (Å²) in [5, 5.41) is 7.16. The number of H-pyrrole nitrogens is 1. The Morgan fingerprint density at radius 1 is 1.27 bits per heavy atom. The number of aromatic nitrogens is 4. The van der Waals surface area contributed by atoms with Gasteiger partial charge in [-0.3, -0.25) is 4.79 Å². The summed E-state index contributed by atoms with van der Waals surface area (Å²) in [5.41, 5.74) is 0.834. The lowest BCUT2D eigenvalue weighted by Crippen LogP contribution is -2.49. The van der Waals surface area contributed by atoms with Crippen molar-refractivity contribution in [1.29, 1.82) is 0 Å². The van der Waals surface area contributed by atoms with Crippen molar-refractivity contribution in [3.63, 3.8) is 0 Å². The fourth-order valence-corrected chi connectivity index (χ4v) is 3.31. The van der Waals surface area contributed by atoms with Gasteiger partial charge in [-0.2, -0.15) is 0 Å². The molecule has 1 aliphatic rings. The van der Waals surface area contributed by atoms with E-state index in [4.69, 9.17) is 0 Å². The number of nitrogens with one attached hydrogen (secondary N) is 3. The fraction of sp³-hybridized carbons (Fsp3) is 0.333. The Morgan fingerprint density at radius 2 is 2.23 bits per heavy atom. The summed E-state index contributed by atoms with van der Waals surface area (Å²) in [5.74, 6) is 1.59. The molecular weight excluding hydrogens is 330 g/mol. The van der Waals surface area contributed by atoms with Crippen LogP contribution in [0.2, 0.25) is 0 Å². The minimum Gasteiger partial charge on any atom is -0.361 e. The van der Waals surface area contributed by atoms with Crippen molar-refractivity contribution < 1.29 is 4.79 Å². The number of carbonyl (C=O) groups is 1. The molecule has 0 radical (unpaired) electrons. The Kier molecular flexibility index (Phi) is 4.63. The number of nitrogens with zero attached hydrogens (tertiary/aromatic N) is 4. The smallest absolute Gasteiger partial charge is 0.239 e. The highest BCUT2D eigenvalue weighted by atomic mass is 16.2. The number of piperidine rings is 1. The zero-order chi connectivity index (χ0) is 17.8. The van der Waals surface area contributed by atoms with E-state index in [0.29, 0.717) is 5.82 Å². The minimum atomic E-state index is -0.0306. The SMILES string of the molecule is O=C(CNc1ccccn1)NC1CCCN(c2ncnc3[nH]ccc23)C1. The summed E-state index contributed by atoms with van der Waals surface area (Å²) < 4.78 is 0. The van der Waals surface area contributed by atoms with Crippen molar-refractivity contribution in [1.82, 2.24) is 25.3 Å². The van der Waals surface area contributed by atoms with E-state index < -0.39 is 0 Å². The molecule has 1 amide bonds. The van der Waals surface area contributed by atoms with Crippen LogP contribution in [0.4, 0.5) is 11.6 Å². The van der Waals surface area contributed by atoms with Gasteiger partial charge in [-0.15, -0.1) is 0 Å². The third-order valence-corrected chi connectivity index (χ3v) is 4.51. The first-order valence-corrected chi connectivity index (χ1v) is 8.77. The second-order valence-corrected chi connectivity index (χ2v) is 6.36. The van der Waals surface area contributed by atoms with Gasteiger partial charge in [0.1, 0.15) is 23.6 Å². The van der Waals surface area contributed by atoms with Crippen molar-refractivity contribution in [3.05, 3.63) is 43.0 Å². The van der Waals surface area contributed by atoms with Crippen LogP contribution in [0.5, 0.6) is 0 Å². The summed E-state index contributed by atoms with van der Waals surface area (Å²) in [6.07, 6.45) is 7.12. The molecule has 1 aliphatic heterocycles. The number of pyridine rings is 1. The second-order valence-electron chi connectivity index (χ2n) is 6.36. The number of hydrogen-bond donors (Lipinski definition) is 3. The zero-order valence-corrected chi connectivity index (χ0v) is 14.4. The molecule has 4 heterocycles. The molecule has 1 fully saturated rings. The third kappa shape index (κ3) is 3.58. The van der Waals surface area contributed by atoms with Crippen LogP contribution in [-0.2, 0) is 4.79 Å². The van der Waals surface area contributed by atoms with Gasteiger partial charge in [0.2, 0.25) is 5.91 Å². The Morgan fingerprint density at radius 3 is 3.12 bits per heavy atom. The van der Waals surface area contributed by atoms with Gasteiger partial charge in [-0.1, -0.05) is 6.07 Å². The molecule has 0 spiro atoms. The van der Waals surface area contributed by atoms with E-state index in [0.717, 1.165) is 42.8 Å². The predicted molar refractivity (Wildman–Crippen MR) is 100.0 cm³/mol. The Bertz CT molecular complexity index is 879. The molecule has 0 bridgehead atoms. The zero-order valence-electron chi connectivity index (χ0n) is 14.4. The number of rotatable bonds is 5. The monoisotopic (exact) mass is 351 g/mol. The van der Waals surface area contributed by atoms with Crippen molar-refractivity contribution in [3.8, 4) is 0 Å². The highest BCUT2D eigenvalue weighted by Gasteiger charge is 2.23. The highest BCUT2D eigenvalue weighted by Crippen LogP contribution is 2.24. The quantitative estimate of drug-likeness (QED) is 0.645. The number of amides is 1.